The number of sulfonamides is 1. The van der Waals surface area contributed by atoms with E-state index in [2.05, 4.69) is 4.90 Å². The van der Waals surface area contributed by atoms with E-state index in [9.17, 15) is 8.42 Å². The quantitative estimate of drug-likeness (QED) is 0.841. The minimum atomic E-state index is -3.61. The second-order valence-corrected chi connectivity index (χ2v) is 6.27. The van der Waals surface area contributed by atoms with Crippen LogP contribution < -0.4 is 5.14 Å². The summed E-state index contributed by atoms with van der Waals surface area (Å²) in [7, 11) is -1.90. The van der Waals surface area contributed by atoms with Crippen LogP contribution in [0.25, 0.3) is 0 Å². The number of nitrogens with zero attached hydrogens (tertiary/aromatic N) is 1. The molecule has 0 unspecified atom stereocenters. The van der Waals surface area contributed by atoms with Gasteiger partial charge in [-0.2, -0.15) is 0 Å². The van der Waals surface area contributed by atoms with E-state index in [1.165, 1.54) is 6.07 Å². The van der Waals surface area contributed by atoms with Gasteiger partial charge in [0.05, 0.1) is 11.5 Å². The first-order valence-electron chi connectivity index (χ1n) is 5.82. The summed E-state index contributed by atoms with van der Waals surface area (Å²) in [5.74, 6) is 0.594. The minimum Gasteiger partial charge on any atom is -0.384 e. The van der Waals surface area contributed by atoms with Crippen LogP contribution in [-0.4, -0.2) is 40.1 Å². The van der Waals surface area contributed by atoms with E-state index in [0.717, 1.165) is 31.8 Å². The molecule has 0 amide bonds. The fourth-order valence-electron chi connectivity index (χ4n) is 2.23. The normalized spacial score (nSPS) is 17.7. The van der Waals surface area contributed by atoms with E-state index in [0.29, 0.717) is 5.92 Å². The Morgan fingerprint density at radius 3 is 2.78 bits per heavy atom. The fourth-order valence-corrected chi connectivity index (χ4v) is 2.81. The van der Waals surface area contributed by atoms with E-state index in [1.807, 2.05) is 6.07 Å². The molecule has 1 heterocycles. The highest BCUT2D eigenvalue weighted by Crippen LogP contribution is 2.19. The largest absolute Gasteiger partial charge is 0.384 e. The smallest absolute Gasteiger partial charge is 0.238 e. The zero-order chi connectivity index (χ0) is 13.2. The maximum atomic E-state index is 11.2. The second kappa shape index (κ2) is 5.36. The van der Waals surface area contributed by atoms with Gasteiger partial charge in [0.2, 0.25) is 10.0 Å². The number of hydrogen-bond donors (Lipinski definition) is 1. The van der Waals surface area contributed by atoms with Crippen LogP contribution in [0.2, 0.25) is 0 Å². The van der Waals surface area contributed by atoms with E-state index in [1.54, 1.807) is 19.2 Å². The molecule has 2 rings (SSSR count). The number of nitrogens with two attached hydrogens (primary N) is 1. The van der Waals surface area contributed by atoms with Crippen LogP contribution in [-0.2, 0) is 21.3 Å². The van der Waals surface area contributed by atoms with Crippen LogP contribution in [0.1, 0.15) is 5.56 Å². The van der Waals surface area contributed by atoms with Gasteiger partial charge in [0.25, 0.3) is 0 Å². The molecule has 1 aliphatic heterocycles. The highest BCUT2D eigenvalue weighted by atomic mass is 32.2. The molecule has 100 valence electrons. The van der Waals surface area contributed by atoms with Crippen molar-refractivity contribution in [3.8, 4) is 0 Å². The van der Waals surface area contributed by atoms with E-state index in [4.69, 9.17) is 9.88 Å². The number of methoxy groups -OCH3 is 1. The van der Waals surface area contributed by atoms with Crippen molar-refractivity contribution in [2.24, 2.45) is 11.1 Å². The predicted molar refractivity (Wildman–Crippen MR) is 68.5 cm³/mol. The molecule has 6 heteroatoms. The van der Waals surface area contributed by atoms with Gasteiger partial charge >= 0.3 is 0 Å². The first-order chi connectivity index (χ1) is 8.49. The van der Waals surface area contributed by atoms with Crippen LogP contribution in [0.5, 0.6) is 0 Å². The number of rotatable bonds is 5. The minimum absolute atomic E-state index is 0.175. The van der Waals surface area contributed by atoms with Crippen LogP contribution in [0.3, 0.4) is 0 Å². The molecule has 0 aliphatic carbocycles. The third-order valence-electron chi connectivity index (χ3n) is 3.07. The molecular weight excluding hydrogens is 252 g/mol. The van der Waals surface area contributed by atoms with Crippen molar-refractivity contribution in [2.45, 2.75) is 11.4 Å². The van der Waals surface area contributed by atoms with Crippen molar-refractivity contribution < 1.29 is 13.2 Å². The number of benzene rings is 1. The lowest BCUT2D eigenvalue weighted by Crippen LogP contribution is -2.47. The number of hydrogen-bond acceptors (Lipinski definition) is 4. The molecule has 1 aliphatic rings. The maximum Gasteiger partial charge on any atom is 0.238 e. The zero-order valence-corrected chi connectivity index (χ0v) is 11.2. The van der Waals surface area contributed by atoms with Gasteiger partial charge in [-0.25, -0.2) is 13.6 Å². The van der Waals surface area contributed by atoms with E-state index < -0.39 is 10.0 Å². The van der Waals surface area contributed by atoms with Crippen molar-refractivity contribution in [1.82, 2.24) is 4.90 Å². The fraction of sp³-hybridized carbons (Fsp3) is 0.500. The Morgan fingerprint density at radius 1 is 1.44 bits per heavy atom. The summed E-state index contributed by atoms with van der Waals surface area (Å²) < 4.78 is 27.6. The van der Waals surface area contributed by atoms with Crippen molar-refractivity contribution >= 4 is 10.0 Å². The van der Waals surface area contributed by atoms with Crippen LogP contribution in [0.15, 0.2) is 29.2 Å². The van der Waals surface area contributed by atoms with Gasteiger partial charge < -0.3 is 4.74 Å². The van der Waals surface area contributed by atoms with Gasteiger partial charge in [-0.05, 0) is 17.7 Å². The lowest BCUT2D eigenvalue weighted by atomic mass is 10.0. The van der Waals surface area contributed by atoms with Gasteiger partial charge in [-0.15, -0.1) is 0 Å². The molecule has 0 atom stereocenters. The van der Waals surface area contributed by atoms with Gasteiger partial charge in [-0.1, -0.05) is 12.1 Å². The lowest BCUT2D eigenvalue weighted by molar-refractivity contribution is 0.0293. The van der Waals surface area contributed by atoms with Gasteiger partial charge in [0, 0.05) is 32.7 Å². The standard InChI is InChI=1S/C12H18N2O3S/c1-17-9-11-7-14(8-11)6-10-3-2-4-12(5-10)18(13,15)16/h2-5,11H,6-9H2,1H3,(H2,13,15,16). The molecule has 1 saturated heterocycles. The van der Waals surface area contributed by atoms with Crippen LogP contribution in [0.4, 0.5) is 0 Å². The van der Waals surface area contributed by atoms with Crippen molar-refractivity contribution in [2.75, 3.05) is 26.8 Å². The summed E-state index contributed by atoms with van der Waals surface area (Å²) >= 11 is 0. The SMILES string of the molecule is COCC1CN(Cc2cccc(S(N)(=O)=O)c2)C1. The second-order valence-electron chi connectivity index (χ2n) is 4.71. The molecule has 18 heavy (non-hydrogen) atoms. The van der Waals surface area contributed by atoms with Crippen molar-refractivity contribution in [3.05, 3.63) is 29.8 Å². The van der Waals surface area contributed by atoms with E-state index >= 15 is 0 Å². The molecule has 0 spiro atoms. The van der Waals surface area contributed by atoms with Crippen molar-refractivity contribution in [1.29, 1.82) is 0 Å². The van der Waals surface area contributed by atoms with Crippen molar-refractivity contribution in [3.63, 3.8) is 0 Å². The van der Waals surface area contributed by atoms with Gasteiger partial charge in [-0.3, -0.25) is 4.90 Å². The third-order valence-corrected chi connectivity index (χ3v) is 3.98. The van der Waals surface area contributed by atoms with Gasteiger partial charge in [0.1, 0.15) is 0 Å². The Bertz CT molecular complexity index is 510. The average molecular weight is 270 g/mol. The Labute approximate surface area is 108 Å². The Morgan fingerprint density at radius 2 is 2.17 bits per heavy atom. The molecule has 0 aromatic heterocycles. The van der Waals surface area contributed by atoms with Gasteiger partial charge in [0.15, 0.2) is 0 Å². The molecule has 0 saturated carbocycles. The lowest BCUT2D eigenvalue weighted by Gasteiger charge is -2.38. The average Bonchev–Trinajstić information content (AvgIpc) is 2.26. The molecule has 1 aromatic carbocycles. The molecule has 1 aromatic rings. The molecule has 1 fully saturated rings. The summed E-state index contributed by atoms with van der Waals surface area (Å²) in [5.41, 5.74) is 0.970. The van der Waals surface area contributed by atoms with Crippen LogP contribution >= 0.6 is 0 Å². The zero-order valence-electron chi connectivity index (χ0n) is 10.4. The molecule has 2 N–H and O–H groups in total. The molecular formula is C12H18N2O3S. The predicted octanol–water partition coefficient (Wildman–Crippen LogP) is 0.412. The van der Waals surface area contributed by atoms with E-state index in [-0.39, 0.29) is 4.90 Å². The maximum absolute atomic E-state index is 11.2. The summed E-state index contributed by atoms with van der Waals surface area (Å²) in [6.45, 7) is 3.53. The molecule has 0 bridgehead atoms. The monoisotopic (exact) mass is 270 g/mol. The number of primary sulfonamides is 1. The highest BCUT2D eigenvalue weighted by Gasteiger charge is 2.26. The first-order valence-corrected chi connectivity index (χ1v) is 7.36. The molecule has 5 nitrogen and oxygen atoms in total. The topological polar surface area (TPSA) is 72.6 Å². The summed E-state index contributed by atoms with van der Waals surface area (Å²) in [4.78, 5) is 2.43. The Balaban J connectivity index is 1.95. The number of ether oxygens (including phenoxy) is 1. The van der Waals surface area contributed by atoms with Crippen LogP contribution in [0, 0.1) is 5.92 Å². The highest BCUT2D eigenvalue weighted by molar-refractivity contribution is 7.89. The first kappa shape index (κ1) is 13.5. The summed E-state index contributed by atoms with van der Waals surface area (Å²) in [5, 5.41) is 5.11. The molecule has 0 radical (unpaired) electrons. The number of likely N-dealkylation sites (tertiary alicyclic amines) is 1. The third kappa shape index (κ3) is 3.29. The summed E-state index contributed by atoms with van der Waals surface area (Å²) in [6, 6.07) is 6.79. The Kier molecular flexibility index (Phi) is 4.01. The summed E-state index contributed by atoms with van der Waals surface area (Å²) in [6.07, 6.45) is 0. The Hall–Kier alpha value is -0.950.